The molecule has 2 aromatic carbocycles. The fourth-order valence-electron chi connectivity index (χ4n) is 2.43. The van der Waals surface area contributed by atoms with E-state index in [0.29, 0.717) is 17.1 Å². The van der Waals surface area contributed by atoms with Gasteiger partial charge in [-0.05, 0) is 11.6 Å². The van der Waals surface area contributed by atoms with E-state index >= 15 is 0 Å². The van der Waals surface area contributed by atoms with E-state index in [1.165, 1.54) is 7.11 Å². The molecule has 8 heteroatoms. The molecule has 2 aromatic rings. The minimum absolute atomic E-state index is 0.0250. The van der Waals surface area contributed by atoms with E-state index in [2.05, 4.69) is 10.6 Å². The number of nitrogens with one attached hydrogen (secondary N) is 2. The number of carbonyl (C=O) groups excluding carboxylic acids is 2. The molecule has 2 unspecified atom stereocenters. The summed E-state index contributed by atoms with van der Waals surface area (Å²) in [6.45, 7) is -0.00840. The third-order valence-corrected chi connectivity index (χ3v) is 4.23. The van der Waals surface area contributed by atoms with E-state index in [-0.39, 0.29) is 13.2 Å². The molecule has 7 nitrogen and oxygen atoms in total. The zero-order chi connectivity index (χ0) is 20.4. The van der Waals surface area contributed by atoms with Crippen molar-refractivity contribution >= 4 is 23.6 Å². The molecule has 0 heterocycles. The highest BCUT2D eigenvalue weighted by Gasteiger charge is 2.22. The molecule has 0 fully saturated rings. The fourth-order valence-corrected chi connectivity index (χ4v) is 2.69. The molecule has 0 aliphatic heterocycles. The molecule has 150 valence electrons. The number of amides is 2. The van der Waals surface area contributed by atoms with Gasteiger partial charge in [0.15, 0.2) is 0 Å². The van der Waals surface area contributed by atoms with Crippen LogP contribution in [-0.2, 0) is 20.8 Å². The van der Waals surface area contributed by atoms with Crippen molar-refractivity contribution in [2.45, 2.75) is 18.7 Å². The van der Waals surface area contributed by atoms with Crippen LogP contribution < -0.4 is 10.6 Å². The van der Waals surface area contributed by atoms with Crippen molar-refractivity contribution < 1.29 is 24.2 Å². The molecule has 0 saturated carbocycles. The Labute approximate surface area is 168 Å². The Hall–Kier alpha value is -2.61. The van der Waals surface area contributed by atoms with Crippen LogP contribution >= 0.6 is 11.6 Å². The fraction of sp³-hybridized carbons (Fsp3) is 0.300. The van der Waals surface area contributed by atoms with Crippen LogP contribution in [0, 0.1) is 0 Å². The molecule has 0 aromatic heterocycles. The number of halogens is 1. The van der Waals surface area contributed by atoms with Crippen LogP contribution in [0.1, 0.15) is 17.2 Å². The van der Waals surface area contributed by atoms with Crippen LogP contribution in [0.15, 0.2) is 54.6 Å². The highest BCUT2D eigenvalue weighted by atomic mass is 35.5. The minimum Gasteiger partial charge on any atom is -0.446 e. The van der Waals surface area contributed by atoms with Gasteiger partial charge in [-0.3, -0.25) is 4.79 Å². The van der Waals surface area contributed by atoms with Gasteiger partial charge in [0.05, 0.1) is 6.61 Å². The topological polar surface area (TPSA) is 96.9 Å². The lowest BCUT2D eigenvalue weighted by atomic mass is 10.1. The molecule has 2 amide bonds. The second-order valence-corrected chi connectivity index (χ2v) is 6.40. The summed E-state index contributed by atoms with van der Waals surface area (Å²) < 4.78 is 10.00. The number of methoxy groups -OCH3 is 1. The van der Waals surface area contributed by atoms with Crippen LogP contribution in [0.2, 0.25) is 5.02 Å². The van der Waals surface area contributed by atoms with Gasteiger partial charge in [0.25, 0.3) is 0 Å². The van der Waals surface area contributed by atoms with Gasteiger partial charge in [-0.25, -0.2) is 4.79 Å². The Morgan fingerprint density at radius 1 is 1.07 bits per heavy atom. The van der Waals surface area contributed by atoms with Gasteiger partial charge in [0.2, 0.25) is 5.91 Å². The lowest BCUT2D eigenvalue weighted by Crippen LogP contribution is -2.49. The van der Waals surface area contributed by atoms with Crippen molar-refractivity contribution in [2.24, 2.45) is 0 Å². The molecular formula is C20H23ClN2O5. The second-order valence-electron chi connectivity index (χ2n) is 5.99. The Morgan fingerprint density at radius 3 is 2.43 bits per heavy atom. The van der Waals surface area contributed by atoms with Gasteiger partial charge in [0, 0.05) is 24.2 Å². The highest BCUT2D eigenvalue weighted by molar-refractivity contribution is 6.31. The van der Waals surface area contributed by atoms with Gasteiger partial charge in [-0.1, -0.05) is 60.1 Å². The first-order valence-corrected chi connectivity index (χ1v) is 9.05. The number of benzene rings is 2. The minimum atomic E-state index is -1.08. The largest absolute Gasteiger partial charge is 0.446 e. The van der Waals surface area contributed by atoms with Crippen LogP contribution in [0.3, 0.4) is 0 Å². The van der Waals surface area contributed by atoms with E-state index in [1.807, 2.05) is 30.3 Å². The first-order valence-electron chi connectivity index (χ1n) is 8.67. The zero-order valence-electron chi connectivity index (χ0n) is 15.4. The van der Waals surface area contributed by atoms with Crippen LogP contribution in [0.25, 0.3) is 0 Å². The van der Waals surface area contributed by atoms with E-state index in [4.69, 9.17) is 21.1 Å². The van der Waals surface area contributed by atoms with Gasteiger partial charge >= 0.3 is 6.09 Å². The number of carbonyl (C=O) groups is 2. The van der Waals surface area contributed by atoms with Crippen LogP contribution in [0.5, 0.6) is 0 Å². The number of aliphatic hydroxyl groups is 1. The predicted octanol–water partition coefficient (Wildman–Crippen LogP) is 2.43. The van der Waals surface area contributed by atoms with Crippen molar-refractivity contribution in [1.82, 2.24) is 10.6 Å². The van der Waals surface area contributed by atoms with E-state index in [1.54, 1.807) is 24.3 Å². The summed E-state index contributed by atoms with van der Waals surface area (Å²) in [6, 6.07) is 15.2. The molecule has 28 heavy (non-hydrogen) atoms. The second kappa shape index (κ2) is 11.3. The molecule has 0 aliphatic carbocycles. The average Bonchev–Trinajstić information content (AvgIpc) is 2.71. The van der Waals surface area contributed by atoms with Gasteiger partial charge in [-0.15, -0.1) is 0 Å². The number of aliphatic hydroxyl groups excluding tert-OH is 1. The third-order valence-electron chi connectivity index (χ3n) is 3.89. The summed E-state index contributed by atoms with van der Waals surface area (Å²) >= 11 is 6.00. The van der Waals surface area contributed by atoms with Gasteiger partial charge in [0.1, 0.15) is 18.8 Å². The first kappa shape index (κ1) is 21.7. The molecule has 0 aliphatic rings. The number of alkyl carbamates (subject to hydrolysis) is 1. The van der Waals surface area contributed by atoms with Gasteiger partial charge in [-0.2, -0.15) is 0 Å². The molecule has 2 rings (SSSR count). The maximum Gasteiger partial charge on any atom is 0.407 e. The van der Waals surface area contributed by atoms with Crippen LogP contribution in [0.4, 0.5) is 4.79 Å². The van der Waals surface area contributed by atoms with Crippen LogP contribution in [-0.4, -0.2) is 43.5 Å². The number of hydrogen-bond acceptors (Lipinski definition) is 5. The molecule has 0 spiro atoms. The first-order chi connectivity index (χ1) is 13.5. The summed E-state index contributed by atoms with van der Waals surface area (Å²) in [4.78, 5) is 24.3. The monoisotopic (exact) mass is 406 g/mol. The maximum atomic E-state index is 12.3. The summed E-state index contributed by atoms with van der Waals surface area (Å²) in [6.07, 6.45) is -1.92. The number of ether oxygens (including phenoxy) is 2. The maximum absolute atomic E-state index is 12.3. The Kier molecular flexibility index (Phi) is 8.74. The van der Waals surface area contributed by atoms with Crippen molar-refractivity contribution in [3.63, 3.8) is 0 Å². The molecule has 2 atom stereocenters. The standard InChI is InChI=1S/C20H23ClN2O5/c1-27-12-17(19(25)22-11-14-7-3-2-4-8-14)23-20(26)28-13-18(24)15-9-5-6-10-16(15)21/h2-10,17-18,24H,11-13H2,1H3,(H,22,25)(H,23,26). The Balaban J connectivity index is 1.84. The summed E-state index contributed by atoms with van der Waals surface area (Å²) in [5, 5.41) is 15.7. The zero-order valence-corrected chi connectivity index (χ0v) is 16.2. The van der Waals surface area contributed by atoms with Crippen molar-refractivity contribution in [3.8, 4) is 0 Å². The Morgan fingerprint density at radius 2 is 1.75 bits per heavy atom. The van der Waals surface area contributed by atoms with Crippen molar-refractivity contribution in [1.29, 1.82) is 0 Å². The molecule has 0 bridgehead atoms. The molecule has 0 radical (unpaired) electrons. The number of hydrogen-bond donors (Lipinski definition) is 3. The Bertz CT molecular complexity index is 772. The highest BCUT2D eigenvalue weighted by Crippen LogP contribution is 2.22. The quantitative estimate of drug-likeness (QED) is 0.594. The SMILES string of the molecule is COCC(NC(=O)OCC(O)c1ccccc1Cl)C(=O)NCc1ccccc1. The summed E-state index contributed by atoms with van der Waals surface area (Å²) in [5.74, 6) is -0.408. The predicted molar refractivity (Wildman–Crippen MR) is 105 cm³/mol. The summed E-state index contributed by atoms with van der Waals surface area (Å²) in [7, 11) is 1.42. The normalized spacial score (nSPS) is 12.7. The lowest BCUT2D eigenvalue weighted by Gasteiger charge is -2.19. The third kappa shape index (κ3) is 6.84. The smallest absolute Gasteiger partial charge is 0.407 e. The number of rotatable bonds is 9. The van der Waals surface area contributed by atoms with Gasteiger partial charge < -0.3 is 25.2 Å². The van der Waals surface area contributed by atoms with Crippen molar-refractivity contribution in [3.05, 3.63) is 70.7 Å². The van der Waals surface area contributed by atoms with E-state index in [9.17, 15) is 14.7 Å². The lowest BCUT2D eigenvalue weighted by molar-refractivity contribution is -0.124. The van der Waals surface area contributed by atoms with E-state index < -0.39 is 24.1 Å². The summed E-state index contributed by atoms with van der Waals surface area (Å²) in [5.41, 5.74) is 1.38. The molecular weight excluding hydrogens is 384 g/mol. The molecule has 0 saturated heterocycles. The average molecular weight is 407 g/mol. The van der Waals surface area contributed by atoms with E-state index in [0.717, 1.165) is 5.56 Å². The van der Waals surface area contributed by atoms with Crippen molar-refractivity contribution in [2.75, 3.05) is 20.3 Å². The molecule has 3 N–H and O–H groups in total.